The smallest absolute Gasteiger partial charge is 0.185 e. The second-order valence-electron chi connectivity index (χ2n) is 12.8. The fourth-order valence-corrected chi connectivity index (χ4v) is 7.26. The molecule has 0 atom stereocenters. The van der Waals surface area contributed by atoms with E-state index in [1.165, 1.54) is 33.4 Å². The normalized spacial score (nSPS) is 13.6. The van der Waals surface area contributed by atoms with E-state index in [-0.39, 0.29) is 5.41 Å². The first-order valence-electron chi connectivity index (χ1n) is 16.1. The quantitative estimate of drug-likeness (QED) is 0.183. The van der Waals surface area contributed by atoms with Crippen LogP contribution >= 0.6 is 0 Å². The number of para-hydroxylation sites is 1. The molecule has 0 aliphatic heterocycles. The molecule has 0 bridgehead atoms. The van der Waals surface area contributed by atoms with Crippen molar-refractivity contribution >= 4 is 45.4 Å². The number of nitrogens with zero attached hydrogens (tertiary/aromatic N) is 1. The van der Waals surface area contributed by atoms with Gasteiger partial charge in [-0.2, -0.15) is 0 Å². The molecule has 2 heteroatoms. The topological polar surface area (TPSA) is 16.4 Å². The Labute approximate surface area is 274 Å². The number of fused-ring (bicyclic) bond motifs is 6. The lowest BCUT2D eigenvalue weighted by atomic mass is 9.82. The van der Waals surface area contributed by atoms with Crippen molar-refractivity contribution in [2.24, 2.45) is 0 Å². The van der Waals surface area contributed by atoms with E-state index in [0.717, 1.165) is 49.8 Å². The lowest BCUT2D eigenvalue weighted by Gasteiger charge is -2.28. The van der Waals surface area contributed by atoms with Crippen molar-refractivity contribution < 1.29 is 4.42 Å². The van der Waals surface area contributed by atoms with Crippen molar-refractivity contribution in [2.75, 3.05) is 4.90 Å². The van der Waals surface area contributed by atoms with Gasteiger partial charge in [-0.15, -0.1) is 0 Å². The van der Waals surface area contributed by atoms with Gasteiger partial charge in [0, 0.05) is 38.7 Å². The second-order valence-corrected chi connectivity index (χ2v) is 12.8. The number of hydrogen-bond acceptors (Lipinski definition) is 2. The third-order valence-electron chi connectivity index (χ3n) is 9.73. The van der Waals surface area contributed by atoms with Crippen molar-refractivity contribution in [3.8, 4) is 22.3 Å². The maximum atomic E-state index is 6.00. The highest BCUT2D eigenvalue weighted by Crippen LogP contribution is 2.50. The summed E-state index contributed by atoms with van der Waals surface area (Å²) in [6, 6.07) is 52.1. The van der Waals surface area contributed by atoms with E-state index >= 15 is 0 Å². The minimum atomic E-state index is -0.0864. The molecule has 222 valence electrons. The molecule has 0 N–H and O–H groups in total. The maximum Gasteiger partial charge on any atom is 0.185 e. The number of anilines is 3. The lowest BCUT2D eigenvalue weighted by Crippen LogP contribution is -2.20. The van der Waals surface area contributed by atoms with Crippen LogP contribution in [0, 0.1) is 0 Å². The van der Waals surface area contributed by atoms with Gasteiger partial charge in [-0.05, 0) is 93.2 Å². The molecule has 2 aliphatic rings. The highest BCUT2D eigenvalue weighted by Gasteiger charge is 2.35. The van der Waals surface area contributed by atoms with Crippen LogP contribution in [0.25, 0.3) is 50.6 Å². The summed E-state index contributed by atoms with van der Waals surface area (Å²) < 4.78 is 6.00. The van der Waals surface area contributed by atoms with Gasteiger partial charge >= 0.3 is 0 Å². The summed E-state index contributed by atoms with van der Waals surface area (Å²) in [6.07, 6.45) is 2.16. The van der Waals surface area contributed by atoms with E-state index in [2.05, 4.69) is 164 Å². The fraction of sp³-hybridized carbons (Fsp3) is 0.0667. The number of hydrogen-bond donors (Lipinski definition) is 0. The SMILES string of the molecule is CC1(C)c2ccccc2-c2ccc(N(c3ccc(C4=C=C=c5oc6ccccc6c5=C4)cc3)c3ccc(-c4ccccc4)cc3)cc21. The predicted octanol–water partition coefficient (Wildman–Crippen LogP) is 10.3. The van der Waals surface area contributed by atoms with Crippen LogP contribution in [0.5, 0.6) is 0 Å². The van der Waals surface area contributed by atoms with Gasteiger partial charge in [0.15, 0.2) is 5.42 Å². The molecule has 0 saturated heterocycles. The van der Waals surface area contributed by atoms with Gasteiger partial charge in [0.05, 0.1) is 0 Å². The zero-order valence-electron chi connectivity index (χ0n) is 26.3. The van der Waals surface area contributed by atoms with Crippen LogP contribution in [0.3, 0.4) is 0 Å². The molecule has 0 unspecified atom stereocenters. The number of furan rings is 1. The first kappa shape index (κ1) is 27.3. The second kappa shape index (κ2) is 10.5. The van der Waals surface area contributed by atoms with E-state index in [9.17, 15) is 0 Å². The highest BCUT2D eigenvalue weighted by atomic mass is 16.3. The summed E-state index contributed by atoms with van der Waals surface area (Å²) in [6.45, 7) is 4.67. The Balaban J connectivity index is 1.14. The molecule has 1 aromatic heterocycles. The molecule has 2 nitrogen and oxygen atoms in total. The van der Waals surface area contributed by atoms with Gasteiger partial charge in [-0.25, -0.2) is 0 Å². The van der Waals surface area contributed by atoms with Crippen molar-refractivity contribution in [1.29, 1.82) is 0 Å². The van der Waals surface area contributed by atoms with Crippen LogP contribution in [-0.4, -0.2) is 0 Å². The van der Waals surface area contributed by atoms with Crippen molar-refractivity contribution in [3.63, 3.8) is 0 Å². The van der Waals surface area contributed by atoms with E-state index in [4.69, 9.17) is 4.42 Å². The average Bonchev–Trinajstić information content (AvgIpc) is 3.61. The molecule has 6 aromatic carbocycles. The van der Waals surface area contributed by atoms with Crippen molar-refractivity contribution in [3.05, 3.63) is 179 Å². The first-order chi connectivity index (χ1) is 23.0. The molecule has 0 spiro atoms. The van der Waals surface area contributed by atoms with Crippen LogP contribution < -0.4 is 15.5 Å². The number of rotatable bonds is 5. The molecule has 2 aliphatic carbocycles. The minimum absolute atomic E-state index is 0.0864. The summed E-state index contributed by atoms with van der Waals surface area (Å²) in [7, 11) is 0. The van der Waals surface area contributed by atoms with Crippen LogP contribution in [-0.2, 0) is 5.41 Å². The largest absolute Gasteiger partial charge is 0.447 e. The van der Waals surface area contributed by atoms with E-state index in [1.807, 2.05) is 18.2 Å². The molecule has 47 heavy (non-hydrogen) atoms. The van der Waals surface area contributed by atoms with Crippen LogP contribution in [0.4, 0.5) is 17.1 Å². The third kappa shape index (κ3) is 4.43. The van der Waals surface area contributed by atoms with Crippen LogP contribution in [0.15, 0.2) is 156 Å². The zero-order valence-corrected chi connectivity index (χ0v) is 26.3. The molecular formula is C45H31NO. The Kier molecular flexibility index (Phi) is 6.10. The molecule has 7 aromatic rings. The summed E-state index contributed by atoms with van der Waals surface area (Å²) in [5, 5.41) is 2.15. The number of benzene rings is 6. The van der Waals surface area contributed by atoms with Crippen LogP contribution in [0.2, 0.25) is 0 Å². The molecular weight excluding hydrogens is 571 g/mol. The van der Waals surface area contributed by atoms with Gasteiger partial charge < -0.3 is 9.32 Å². The fourth-order valence-electron chi connectivity index (χ4n) is 7.26. The number of allylic oxidation sites excluding steroid dienone is 1. The summed E-state index contributed by atoms with van der Waals surface area (Å²) in [4.78, 5) is 2.36. The van der Waals surface area contributed by atoms with Crippen LogP contribution in [0.1, 0.15) is 30.5 Å². The molecule has 0 fully saturated rings. The van der Waals surface area contributed by atoms with Gasteiger partial charge in [-0.3, -0.25) is 0 Å². The summed E-state index contributed by atoms with van der Waals surface area (Å²) in [5.74, 6) is 0. The molecule has 0 amide bonds. The molecule has 9 rings (SSSR count). The Bertz CT molecular complexity index is 2540. The van der Waals surface area contributed by atoms with E-state index in [1.54, 1.807) is 0 Å². The third-order valence-corrected chi connectivity index (χ3v) is 9.73. The highest BCUT2D eigenvalue weighted by molar-refractivity contribution is 5.94. The Morgan fingerprint density at radius 1 is 0.532 bits per heavy atom. The molecule has 0 radical (unpaired) electrons. The van der Waals surface area contributed by atoms with Crippen molar-refractivity contribution in [2.45, 2.75) is 19.3 Å². The molecule has 0 saturated carbocycles. The van der Waals surface area contributed by atoms with Gasteiger partial charge in [0.2, 0.25) is 0 Å². The average molecular weight is 602 g/mol. The summed E-state index contributed by atoms with van der Waals surface area (Å²) in [5.41, 5.74) is 21.3. The standard InChI is InChI=1S/C45H31NO/c1-45(2)41-14-8-6-12-37(41)38-26-25-36(29-42(38)45)46(34-21-16-31(17-22-34)30-10-4-3-5-11-30)35-23-18-32(19-24-35)33-20-27-44-40(28-33)39-13-7-9-15-43(39)47-44/h3-19,21-26,28-29H,1-2H3. The van der Waals surface area contributed by atoms with Gasteiger partial charge in [0.1, 0.15) is 5.58 Å². The first-order valence-corrected chi connectivity index (χ1v) is 16.1. The minimum Gasteiger partial charge on any atom is -0.447 e. The van der Waals surface area contributed by atoms with E-state index in [0.29, 0.717) is 0 Å². The molecule has 1 heterocycles. The zero-order chi connectivity index (χ0) is 31.5. The Morgan fingerprint density at radius 3 is 1.94 bits per heavy atom. The maximum absolute atomic E-state index is 6.00. The summed E-state index contributed by atoms with van der Waals surface area (Å²) >= 11 is 0. The monoisotopic (exact) mass is 601 g/mol. The van der Waals surface area contributed by atoms with Gasteiger partial charge in [-0.1, -0.05) is 123 Å². The predicted molar refractivity (Wildman–Crippen MR) is 194 cm³/mol. The Morgan fingerprint density at radius 2 is 1.15 bits per heavy atom. The van der Waals surface area contributed by atoms with Crippen molar-refractivity contribution in [1.82, 2.24) is 0 Å². The van der Waals surface area contributed by atoms with E-state index < -0.39 is 0 Å². The Hall–Kier alpha value is -6.04. The lowest BCUT2D eigenvalue weighted by molar-refractivity contribution is 0.576. The van der Waals surface area contributed by atoms with Gasteiger partial charge in [0.25, 0.3) is 0 Å².